The van der Waals surface area contributed by atoms with Gasteiger partial charge in [0.15, 0.2) is 0 Å². The molecule has 6 heteroatoms. The van der Waals surface area contributed by atoms with Gasteiger partial charge >= 0.3 is 12.1 Å². The van der Waals surface area contributed by atoms with Crippen molar-refractivity contribution < 1.29 is 23.1 Å². The van der Waals surface area contributed by atoms with Crippen LogP contribution in [0.4, 0.5) is 13.2 Å². The van der Waals surface area contributed by atoms with Gasteiger partial charge in [-0.15, -0.1) is 0 Å². The average molecular weight is 217 g/mol. The van der Waals surface area contributed by atoms with Crippen molar-refractivity contribution in [1.82, 2.24) is 4.98 Å². The molecular weight excluding hydrogens is 211 g/mol. The molecule has 0 unspecified atom stereocenters. The largest absolute Gasteiger partial charge is 0.478 e. The van der Waals surface area contributed by atoms with E-state index < -0.39 is 17.8 Å². The summed E-state index contributed by atoms with van der Waals surface area (Å²) in [6.45, 7) is 0. The van der Waals surface area contributed by atoms with Crippen molar-refractivity contribution in [3.8, 4) is 0 Å². The molecule has 0 saturated carbocycles. The molecule has 15 heavy (non-hydrogen) atoms. The summed E-state index contributed by atoms with van der Waals surface area (Å²) >= 11 is 0. The summed E-state index contributed by atoms with van der Waals surface area (Å²) in [5.41, 5.74) is -0.708. The van der Waals surface area contributed by atoms with Crippen molar-refractivity contribution in [1.29, 1.82) is 0 Å². The van der Waals surface area contributed by atoms with Gasteiger partial charge in [0.1, 0.15) is 5.69 Å². The Hall–Kier alpha value is -1.85. The van der Waals surface area contributed by atoms with Crippen LogP contribution in [0, 0.1) is 0 Å². The van der Waals surface area contributed by atoms with E-state index >= 15 is 0 Å². The number of aromatic nitrogens is 1. The molecule has 0 aliphatic heterocycles. The Morgan fingerprint density at radius 2 is 2.07 bits per heavy atom. The lowest BCUT2D eigenvalue weighted by Crippen LogP contribution is -2.07. The van der Waals surface area contributed by atoms with E-state index in [1.54, 1.807) is 0 Å². The van der Waals surface area contributed by atoms with E-state index in [1.165, 1.54) is 0 Å². The number of carbonyl (C=O) groups is 1. The molecule has 1 rings (SSSR count). The summed E-state index contributed by atoms with van der Waals surface area (Å²) in [6.07, 6.45) is -1.53. The Bertz CT molecular complexity index is 381. The summed E-state index contributed by atoms with van der Waals surface area (Å²) in [6, 6.07) is 1.94. The quantitative estimate of drug-likeness (QED) is 0.772. The summed E-state index contributed by atoms with van der Waals surface area (Å²) in [5, 5.41) is 8.27. The van der Waals surface area contributed by atoms with Crippen LogP contribution in [0.2, 0.25) is 0 Å². The van der Waals surface area contributed by atoms with Gasteiger partial charge in [-0.2, -0.15) is 13.2 Å². The van der Waals surface area contributed by atoms with Crippen LogP contribution in [0.25, 0.3) is 6.08 Å². The number of pyridine rings is 1. The molecule has 0 aliphatic carbocycles. The van der Waals surface area contributed by atoms with Gasteiger partial charge < -0.3 is 5.11 Å². The maximum atomic E-state index is 12.1. The Morgan fingerprint density at radius 1 is 1.40 bits per heavy atom. The first kappa shape index (κ1) is 11.2. The second-order valence-electron chi connectivity index (χ2n) is 2.65. The number of hydrogen-bond acceptors (Lipinski definition) is 2. The second kappa shape index (κ2) is 4.12. The Kier molecular flexibility index (Phi) is 3.08. The van der Waals surface area contributed by atoms with E-state index in [0.29, 0.717) is 5.56 Å². The lowest BCUT2D eigenvalue weighted by atomic mass is 10.2. The molecule has 0 radical (unpaired) electrons. The van der Waals surface area contributed by atoms with Crippen LogP contribution in [-0.2, 0) is 11.0 Å². The molecular formula is C9H6F3NO2. The van der Waals surface area contributed by atoms with Crippen molar-refractivity contribution in [2.45, 2.75) is 6.18 Å². The van der Waals surface area contributed by atoms with E-state index in [0.717, 1.165) is 30.5 Å². The molecule has 0 bridgehead atoms. The number of alkyl halides is 3. The number of nitrogens with zero attached hydrogens (tertiary/aromatic N) is 1. The maximum absolute atomic E-state index is 12.1. The van der Waals surface area contributed by atoms with Crippen molar-refractivity contribution in [3.05, 3.63) is 35.7 Å². The zero-order valence-electron chi connectivity index (χ0n) is 7.32. The van der Waals surface area contributed by atoms with Gasteiger partial charge in [0.2, 0.25) is 0 Å². The van der Waals surface area contributed by atoms with Crippen molar-refractivity contribution in [2.75, 3.05) is 0 Å². The van der Waals surface area contributed by atoms with Gasteiger partial charge in [-0.05, 0) is 17.7 Å². The van der Waals surface area contributed by atoms with Gasteiger partial charge in [-0.1, -0.05) is 6.07 Å². The molecule has 0 fully saturated rings. The fourth-order valence-corrected chi connectivity index (χ4v) is 0.839. The summed E-state index contributed by atoms with van der Waals surface area (Å²) in [5.74, 6) is -1.17. The van der Waals surface area contributed by atoms with Crippen LogP contribution in [0.1, 0.15) is 11.3 Å². The summed E-state index contributed by atoms with van der Waals surface area (Å²) in [4.78, 5) is 13.3. The van der Waals surface area contributed by atoms with Crippen LogP contribution in [0.5, 0.6) is 0 Å². The van der Waals surface area contributed by atoms with Crippen molar-refractivity contribution in [3.63, 3.8) is 0 Å². The van der Waals surface area contributed by atoms with Gasteiger partial charge in [0.25, 0.3) is 0 Å². The minimum atomic E-state index is -4.48. The van der Waals surface area contributed by atoms with E-state index in [9.17, 15) is 18.0 Å². The fraction of sp³-hybridized carbons (Fsp3) is 0.111. The van der Waals surface area contributed by atoms with Crippen molar-refractivity contribution in [2.24, 2.45) is 0 Å². The summed E-state index contributed by atoms with van der Waals surface area (Å²) in [7, 11) is 0. The maximum Gasteiger partial charge on any atom is 0.433 e. The van der Waals surface area contributed by atoms with E-state index in [1.807, 2.05) is 0 Å². The third-order valence-electron chi connectivity index (χ3n) is 1.50. The fourth-order valence-electron chi connectivity index (χ4n) is 0.839. The Morgan fingerprint density at radius 3 is 2.47 bits per heavy atom. The highest BCUT2D eigenvalue weighted by molar-refractivity contribution is 5.85. The van der Waals surface area contributed by atoms with Crippen LogP contribution >= 0.6 is 0 Å². The van der Waals surface area contributed by atoms with Crippen LogP contribution in [0.15, 0.2) is 24.4 Å². The summed E-state index contributed by atoms with van der Waals surface area (Å²) < 4.78 is 36.2. The number of halogens is 3. The monoisotopic (exact) mass is 217 g/mol. The number of hydrogen-bond donors (Lipinski definition) is 1. The molecule has 1 aromatic heterocycles. The molecule has 1 heterocycles. The standard InChI is InChI=1S/C9H6F3NO2/c10-9(11,12)7-3-1-6(5-13-7)2-4-8(14)15/h1-5H,(H,14,15). The Labute approximate surface area is 82.9 Å². The molecule has 0 amide bonds. The first-order chi connectivity index (χ1) is 6.89. The SMILES string of the molecule is O=C(O)C=Cc1ccc(C(F)(F)F)nc1. The number of rotatable bonds is 2. The number of carboxylic acid groups (broad SMARTS) is 1. The zero-order valence-corrected chi connectivity index (χ0v) is 7.32. The van der Waals surface area contributed by atoms with Gasteiger partial charge in [-0.3, -0.25) is 4.98 Å². The normalized spacial score (nSPS) is 11.9. The molecule has 1 aromatic rings. The molecule has 0 aromatic carbocycles. The van der Waals surface area contributed by atoms with E-state index in [-0.39, 0.29) is 0 Å². The zero-order chi connectivity index (χ0) is 11.5. The minimum absolute atomic E-state index is 0.297. The van der Waals surface area contributed by atoms with Crippen LogP contribution in [0.3, 0.4) is 0 Å². The first-order valence-corrected chi connectivity index (χ1v) is 3.84. The molecule has 0 atom stereocenters. The lowest BCUT2D eigenvalue weighted by Gasteiger charge is -2.04. The molecule has 80 valence electrons. The third kappa shape index (κ3) is 3.41. The molecule has 0 saturated heterocycles. The third-order valence-corrected chi connectivity index (χ3v) is 1.50. The first-order valence-electron chi connectivity index (χ1n) is 3.84. The van der Waals surface area contributed by atoms with E-state index in [4.69, 9.17) is 5.11 Å². The molecule has 1 N–H and O–H groups in total. The van der Waals surface area contributed by atoms with Crippen LogP contribution in [-0.4, -0.2) is 16.1 Å². The highest BCUT2D eigenvalue weighted by atomic mass is 19.4. The van der Waals surface area contributed by atoms with Gasteiger partial charge in [0, 0.05) is 12.3 Å². The number of aliphatic carboxylic acids is 1. The predicted molar refractivity (Wildman–Crippen MR) is 45.9 cm³/mol. The second-order valence-corrected chi connectivity index (χ2v) is 2.65. The van der Waals surface area contributed by atoms with Gasteiger partial charge in [-0.25, -0.2) is 4.79 Å². The minimum Gasteiger partial charge on any atom is -0.478 e. The predicted octanol–water partition coefficient (Wildman–Crippen LogP) is 2.20. The average Bonchev–Trinajstić information content (AvgIpc) is 2.14. The number of carboxylic acids is 1. The van der Waals surface area contributed by atoms with E-state index in [2.05, 4.69) is 4.98 Å². The van der Waals surface area contributed by atoms with Gasteiger partial charge in [0.05, 0.1) is 0 Å². The Balaban J connectivity index is 2.86. The highest BCUT2D eigenvalue weighted by Crippen LogP contribution is 2.27. The molecule has 0 aliphatic rings. The topological polar surface area (TPSA) is 50.2 Å². The molecule has 3 nitrogen and oxygen atoms in total. The van der Waals surface area contributed by atoms with Crippen LogP contribution < -0.4 is 0 Å². The smallest absolute Gasteiger partial charge is 0.433 e. The lowest BCUT2D eigenvalue weighted by molar-refractivity contribution is -0.141. The van der Waals surface area contributed by atoms with Crippen molar-refractivity contribution >= 4 is 12.0 Å². The molecule has 0 spiro atoms. The highest BCUT2D eigenvalue weighted by Gasteiger charge is 2.31.